The van der Waals surface area contributed by atoms with E-state index in [0.717, 1.165) is 5.56 Å². The number of aryl methyl sites for hydroxylation is 2. The van der Waals surface area contributed by atoms with Gasteiger partial charge in [0, 0.05) is 5.02 Å². The van der Waals surface area contributed by atoms with Crippen LogP contribution in [0.4, 0.5) is 0 Å². The summed E-state index contributed by atoms with van der Waals surface area (Å²) in [6, 6.07) is 6.14. The van der Waals surface area contributed by atoms with Gasteiger partial charge in [0.05, 0.1) is 6.20 Å². The summed E-state index contributed by atoms with van der Waals surface area (Å²) in [7, 11) is -3.95. The molecule has 2 rings (SSSR count). The monoisotopic (exact) mass is 345 g/mol. The molecule has 0 saturated heterocycles. The number of nitrogens with zero attached hydrogens (tertiary/aromatic N) is 1. The Morgan fingerprint density at radius 2 is 1.95 bits per heavy atom. The summed E-state index contributed by atoms with van der Waals surface area (Å²) in [6.07, 6.45) is 1.85. The van der Waals surface area contributed by atoms with Gasteiger partial charge in [0.25, 0.3) is 0 Å². The highest BCUT2D eigenvalue weighted by molar-refractivity contribution is 7.87. The van der Waals surface area contributed by atoms with Crippen LogP contribution in [0.3, 0.4) is 0 Å². The van der Waals surface area contributed by atoms with Gasteiger partial charge >= 0.3 is 10.1 Å². The largest absolute Gasteiger partial charge is 0.379 e. The Balaban J connectivity index is 2.35. The van der Waals surface area contributed by atoms with Crippen molar-refractivity contribution in [3.63, 3.8) is 0 Å². The van der Waals surface area contributed by atoms with Crippen LogP contribution in [0, 0.1) is 6.92 Å². The average molecular weight is 346 g/mol. The molecule has 1 aromatic carbocycles. The van der Waals surface area contributed by atoms with E-state index >= 15 is 0 Å². The minimum Gasteiger partial charge on any atom is -0.379 e. The Morgan fingerprint density at radius 3 is 2.57 bits per heavy atom. The number of pyridine rings is 1. The number of aromatic nitrogens is 1. The predicted molar refractivity (Wildman–Crippen MR) is 82.6 cm³/mol. The van der Waals surface area contributed by atoms with Crippen LogP contribution < -0.4 is 4.18 Å². The first kappa shape index (κ1) is 16.1. The lowest BCUT2D eigenvalue weighted by Gasteiger charge is -2.09. The fourth-order valence-electron chi connectivity index (χ4n) is 1.72. The van der Waals surface area contributed by atoms with Crippen molar-refractivity contribution in [2.75, 3.05) is 0 Å². The third-order valence-electron chi connectivity index (χ3n) is 2.88. The molecule has 0 saturated carbocycles. The summed E-state index contributed by atoms with van der Waals surface area (Å²) in [6.45, 7) is 3.60. The van der Waals surface area contributed by atoms with E-state index in [1.54, 1.807) is 19.1 Å². The molecule has 1 heterocycles. The molecular weight excluding hydrogens is 333 g/mol. The van der Waals surface area contributed by atoms with E-state index in [2.05, 4.69) is 4.98 Å². The van der Waals surface area contributed by atoms with E-state index in [1.165, 1.54) is 18.3 Å². The maximum absolute atomic E-state index is 12.2. The van der Waals surface area contributed by atoms with Crippen LogP contribution in [0.5, 0.6) is 5.75 Å². The van der Waals surface area contributed by atoms with E-state index in [-0.39, 0.29) is 15.8 Å². The van der Waals surface area contributed by atoms with Crippen LogP contribution in [-0.4, -0.2) is 13.4 Å². The maximum Gasteiger partial charge on any atom is 0.340 e. The third kappa shape index (κ3) is 3.67. The highest BCUT2D eigenvalue weighted by atomic mass is 35.5. The van der Waals surface area contributed by atoms with Gasteiger partial charge in [-0.05, 0) is 48.7 Å². The second-order valence-corrected chi connectivity index (χ2v) is 6.73. The van der Waals surface area contributed by atoms with Gasteiger partial charge in [0.15, 0.2) is 0 Å². The minimum absolute atomic E-state index is 0.0441. The van der Waals surface area contributed by atoms with Gasteiger partial charge in [-0.25, -0.2) is 4.98 Å². The fourth-order valence-corrected chi connectivity index (χ4v) is 3.03. The second kappa shape index (κ2) is 6.22. The molecule has 0 unspecified atom stereocenters. The molecule has 0 radical (unpaired) electrons. The zero-order valence-corrected chi connectivity index (χ0v) is 13.8. The minimum atomic E-state index is -3.95. The van der Waals surface area contributed by atoms with Gasteiger partial charge in [-0.15, -0.1) is 0 Å². The smallest absolute Gasteiger partial charge is 0.340 e. The Morgan fingerprint density at radius 1 is 1.24 bits per heavy atom. The molecule has 2 aromatic rings. The molecular formula is C14H13Cl2NO3S. The van der Waals surface area contributed by atoms with E-state index < -0.39 is 10.1 Å². The molecule has 21 heavy (non-hydrogen) atoms. The molecule has 0 spiro atoms. The van der Waals surface area contributed by atoms with Crippen molar-refractivity contribution in [1.29, 1.82) is 0 Å². The summed E-state index contributed by atoms with van der Waals surface area (Å²) in [5.74, 6) is 0.212. The summed E-state index contributed by atoms with van der Waals surface area (Å²) in [5, 5.41) is 0.833. The van der Waals surface area contributed by atoms with Crippen LogP contribution >= 0.6 is 23.2 Å². The first-order valence-electron chi connectivity index (χ1n) is 6.18. The van der Waals surface area contributed by atoms with Gasteiger partial charge in [-0.2, -0.15) is 8.42 Å². The Bertz CT molecular complexity index is 776. The lowest BCUT2D eigenvalue weighted by molar-refractivity contribution is 0.485. The summed E-state index contributed by atoms with van der Waals surface area (Å²) < 4.78 is 29.5. The van der Waals surface area contributed by atoms with Gasteiger partial charge in [-0.1, -0.05) is 30.1 Å². The van der Waals surface area contributed by atoms with Crippen molar-refractivity contribution < 1.29 is 12.6 Å². The van der Waals surface area contributed by atoms with Crippen molar-refractivity contribution in [3.05, 3.63) is 51.8 Å². The zero-order valence-electron chi connectivity index (χ0n) is 11.4. The van der Waals surface area contributed by atoms with Gasteiger partial charge in [0.2, 0.25) is 0 Å². The van der Waals surface area contributed by atoms with E-state index in [9.17, 15) is 8.42 Å². The standard InChI is InChI=1S/C14H13Cl2NO3S/c1-3-10-7-11(4-5-13(10)15)20-21(18,19)12-6-9(2)14(16)17-8-12/h4-8H,3H2,1-2H3. The van der Waals surface area contributed by atoms with Gasteiger partial charge in [0.1, 0.15) is 15.8 Å². The van der Waals surface area contributed by atoms with E-state index in [4.69, 9.17) is 27.4 Å². The normalized spacial score (nSPS) is 11.4. The highest BCUT2D eigenvalue weighted by Gasteiger charge is 2.18. The number of hydrogen-bond donors (Lipinski definition) is 0. The molecule has 0 aliphatic rings. The molecule has 0 N–H and O–H groups in total. The van der Waals surface area contributed by atoms with Crippen molar-refractivity contribution in [3.8, 4) is 5.75 Å². The number of hydrogen-bond acceptors (Lipinski definition) is 4. The van der Waals surface area contributed by atoms with Crippen LogP contribution in [0.1, 0.15) is 18.1 Å². The number of benzene rings is 1. The third-order valence-corrected chi connectivity index (χ3v) is 4.86. The first-order valence-corrected chi connectivity index (χ1v) is 8.35. The predicted octanol–water partition coefficient (Wildman–Crippen LogP) is 4.03. The molecule has 0 amide bonds. The lowest BCUT2D eigenvalue weighted by atomic mass is 10.2. The lowest BCUT2D eigenvalue weighted by Crippen LogP contribution is -2.10. The Hall–Kier alpha value is -1.30. The topological polar surface area (TPSA) is 56.3 Å². The highest BCUT2D eigenvalue weighted by Crippen LogP contribution is 2.26. The Labute approximate surface area is 133 Å². The van der Waals surface area contributed by atoms with Gasteiger partial charge in [-0.3, -0.25) is 0 Å². The van der Waals surface area contributed by atoms with Crippen LogP contribution in [0.2, 0.25) is 10.2 Å². The zero-order chi connectivity index (χ0) is 15.6. The summed E-state index contributed by atoms with van der Waals surface area (Å²) >= 11 is 11.8. The number of halogens is 2. The van der Waals surface area contributed by atoms with Crippen LogP contribution in [0.15, 0.2) is 35.4 Å². The second-order valence-electron chi connectivity index (χ2n) is 4.42. The van der Waals surface area contributed by atoms with Crippen LogP contribution in [-0.2, 0) is 16.5 Å². The van der Waals surface area contributed by atoms with Crippen molar-refractivity contribution in [1.82, 2.24) is 4.98 Å². The molecule has 0 bridgehead atoms. The van der Waals surface area contributed by atoms with E-state index in [1.807, 2.05) is 6.92 Å². The molecule has 0 aliphatic heterocycles. The van der Waals surface area contributed by atoms with Crippen molar-refractivity contribution in [2.45, 2.75) is 25.2 Å². The molecule has 7 heteroatoms. The van der Waals surface area contributed by atoms with Crippen molar-refractivity contribution >= 4 is 33.3 Å². The molecule has 0 atom stereocenters. The van der Waals surface area contributed by atoms with Crippen molar-refractivity contribution in [2.24, 2.45) is 0 Å². The van der Waals surface area contributed by atoms with E-state index in [0.29, 0.717) is 17.0 Å². The molecule has 0 fully saturated rings. The molecule has 0 aliphatic carbocycles. The average Bonchev–Trinajstić information content (AvgIpc) is 2.43. The molecule has 112 valence electrons. The molecule has 4 nitrogen and oxygen atoms in total. The Kier molecular flexibility index (Phi) is 4.76. The van der Waals surface area contributed by atoms with Crippen LogP contribution in [0.25, 0.3) is 0 Å². The number of rotatable bonds is 4. The van der Waals surface area contributed by atoms with Gasteiger partial charge < -0.3 is 4.18 Å². The SMILES string of the molecule is CCc1cc(OS(=O)(=O)c2cnc(Cl)c(C)c2)ccc1Cl. The summed E-state index contributed by atoms with van der Waals surface area (Å²) in [4.78, 5) is 3.78. The quantitative estimate of drug-likeness (QED) is 0.620. The summed E-state index contributed by atoms with van der Waals surface area (Å²) in [5.41, 5.74) is 1.38. The molecule has 1 aromatic heterocycles. The fraction of sp³-hybridized carbons (Fsp3) is 0.214. The maximum atomic E-state index is 12.2. The first-order chi connectivity index (χ1) is 9.83.